The summed E-state index contributed by atoms with van der Waals surface area (Å²) in [6.45, 7) is 1.43. The molecular weight excluding hydrogens is 286 g/mol. The minimum Gasteiger partial charge on any atom is -1.00 e. The van der Waals surface area contributed by atoms with Crippen molar-refractivity contribution in [3.8, 4) is 0 Å². The Balaban J connectivity index is 0.00000220. The van der Waals surface area contributed by atoms with E-state index in [0.29, 0.717) is 6.54 Å². The molecule has 0 aliphatic heterocycles. The first-order valence-corrected chi connectivity index (χ1v) is 6.93. The zero-order chi connectivity index (χ0) is 14.2. The molecule has 0 spiro atoms. The summed E-state index contributed by atoms with van der Waals surface area (Å²) in [7, 11) is 1.72. The van der Waals surface area contributed by atoms with Crippen LogP contribution in [0.5, 0.6) is 0 Å². The smallest absolute Gasteiger partial charge is 0.131 e. The van der Waals surface area contributed by atoms with Gasteiger partial charge in [-0.15, -0.1) is 0 Å². The zero-order valence-electron chi connectivity index (χ0n) is 12.2. The molecule has 3 N–H and O–H groups in total. The molecule has 0 aliphatic rings. The van der Waals surface area contributed by atoms with E-state index in [1.54, 1.807) is 7.11 Å². The Morgan fingerprint density at radius 2 is 1.43 bits per heavy atom. The summed E-state index contributed by atoms with van der Waals surface area (Å²) in [5.41, 5.74) is 2.12. The van der Waals surface area contributed by atoms with Gasteiger partial charge in [0.25, 0.3) is 0 Å². The number of rotatable bonds is 7. The van der Waals surface area contributed by atoms with Crippen LogP contribution in [0, 0.1) is 0 Å². The van der Waals surface area contributed by atoms with Crippen molar-refractivity contribution in [1.82, 2.24) is 0 Å². The topological polar surface area (TPSA) is 46.1 Å². The Bertz CT molecular complexity index is 493. The first-order valence-electron chi connectivity index (χ1n) is 6.93. The molecule has 2 rings (SSSR count). The van der Waals surface area contributed by atoms with Gasteiger partial charge >= 0.3 is 0 Å². The molecule has 2 unspecified atom stereocenters. The van der Waals surface area contributed by atoms with Crippen molar-refractivity contribution in [2.75, 3.05) is 20.2 Å². The van der Waals surface area contributed by atoms with Crippen LogP contribution in [0.2, 0.25) is 0 Å². The first-order chi connectivity index (χ1) is 9.81. The minimum atomic E-state index is -0.440. The van der Waals surface area contributed by atoms with Gasteiger partial charge in [0, 0.05) is 7.11 Å². The lowest BCUT2D eigenvalue weighted by molar-refractivity contribution is -0.669. The molecule has 2 aromatic carbocycles. The highest BCUT2D eigenvalue weighted by Crippen LogP contribution is 2.14. The van der Waals surface area contributed by atoms with Gasteiger partial charge in [-0.2, -0.15) is 0 Å². The summed E-state index contributed by atoms with van der Waals surface area (Å²) >= 11 is 0. The second-order valence-corrected chi connectivity index (χ2v) is 4.82. The predicted molar refractivity (Wildman–Crippen MR) is 79.3 cm³/mol. The monoisotopic (exact) mass is 307 g/mol. The number of nitrogens with two attached hydrogens (primary N) is 1. The number of ether oxygens (including phenoxy) is 1. The lowest BCUT2D eigenvalue weighted by Crippen LogP contribution is -3.00. The highest BCUT2D eigenvalue weighted by molar-refractivity contribution is 5.18. The van der Waals surface area contributed by atoms with Crippen LogP contribution in [0.15, 0.2) is 60.7 Å². The fourth-order valence-electron chi connectivity index (χ4n) is 2.25. The molecule has 0 saturated heterocycles. The van der Waals surface area contributed by atoms with Crippen molar-refractivity contribution < 1.29 is 27.6 Å². The van der Waals surface area contributed by atoms with E-state index in [1.165, 1.54) is 5.56 Å². The van der Waals surface area contributed by atoms with Gasteiger partial charge in [0.05, 0.1) is 0 Å². The molecule has 0 amide bonds. The quantitative estimate of drug-likeness (QED) is 0.666. The number of quaternary nitrogens is 1. The molecular formula is C17H22ClNO2. The third kappa shape index (κ3) is 5.48. The Morgan fingerprint density at radius 3 is 1.95 bits per heavy atom. The molecule has 0 fully saturated rings. The van der Waals surface area contributed by atoms with Crippen LogP contribution < -0.4 is 17.7 Å². The van der Waals surface area contributed by atoms with Crippen LogP contribution in [0.4, 0.5) is 0 Å². The van der Waals surface area contributed by atoms with Gasteiger partial charge < -0.3 is 27.6 Å². The Labute approximate surface area is 132 Å². The third-order valence-corrected chi connectivity index (χ3v) is 3.41. The zero-order valence-corrected chi connectivity index (χ0v) is 12.9. The molecule has 0 heterocycles. The fourth-order valence-corrected chi connectivity index (χ4v) is 2.25. The molecule has 114 valence electrons. The lowest BCUT2D eigenvalue weighted by Gasteiger charge is -2.16. The highest BCUT2D eigenvalue weighted by atomic mass is 35.5. The van der Waals surface area contributed by atoms with Crippen molar-refractivity contribution in [2.24, 2.45) is 0 Å². The summed E-state index contributed by atoms with van der Waals surface area (Å²) in [6.07, 6.45) is -0.386. The van der Waals surface area contributed by atoms with Gasteiger partial charge in [0.15, 0.2) is 0 Å². The SMILES string of the molecule is COC(C[NH2+]CC(O)c1ccccc1)c1ccccc1.[Cl-]. The second kappa shape index (κ2) is 9.53. The van der Waals surface area contributed by atoms with Gasteiger partial charge in [-0.25, -0.2) is 0 Å². The standard InChI is InChI=1S/C17H21NO2.ClH/c1-20-17(15-10-6-3-7-11-15)13-18-12-16(19)14-8-4-2-5-9-14;/h2-11,16-19H,12-13H2,1H3;1H. The second-order valence-electron chi connectivity index (χ2n) is 4.82. The van der Waals surface area contributed by atoms with Crippen molar-refractivity contribution in [3.05, 3.63) is 71.8 Å². The molecule has 3 nitrogen and oxygen atoms in total. The Hall–Kier alpha value is -1.39. The van der Waals surface area contributed by atoms with E-state index >= 15 is 0 Å². The van der Waals surface area contributed by atoms with Crippen LogP contribution in [-0.2, 0) is 4.74 Å². The molecule has 0 radical (unpaired) electrons. The Morgan fingerprint density at radius 1 is 0.905 bits per heavy atom. The molecule has 2 aromatic rings. The van der Waals surface area contributed by atoms with E-state index < -0.39 is 6.10 Å². The van der Waals surface area contributed by atoms with E-state index in [2.05, 4.69) is 17.4 Å². The van der Waals surface area contributed by atoms with Crippen molar-refractivity contribution in [2.45, 2.75) is 12.2 Å². The highest BCUT2D eigenvalue weighted by Gasteiger charge is 2.14. The van der Waals surface area contributed by atoms with Gasteiger partial charge in [-0.05, 0) is 11.1 Å². The summed E-state index contributed by atoms with van der Waals surface area (Å²) in [4.78, 5) is 0. The van der Waals surface area contributed by atoms with E-state index in [1.807, 2.05) is 48.5 Å². The van der Waals surface area contributed by atoms with E-state index in [4.69, 9.17) is 4.74 Å². The largest absolute Gasteiger partial charge is 1.00 e. The van der Waals surface area contributed by atoms with Gasteiger partial charge in [-0.3, -0.25) is 0 Å². The number of aliphatic hydroxyl groups is 1. The van der Waals surface area contributed by atoms with Crippen LogP contribution in [0.1, 0.15) is 23.3 Å². The van der Waals surface area contributed by atoms with Crippen LogP contribution >= 0.6 is 0 Å². The minimum absolute atomic E-state index is 0. The molecule has 0 aromatic heterocycles. The van der Waals surface area contributed by atoms with E-state index in [-0.39, 0.29) is 18.5 Å². The summed E-state index contributed by atoms with van der Waals surface area (Å²) in [5, 5.41) is 12.2. The summed E-state index contributed by atoms with van der Waals surface area (Å²) in [5.74, 6) is 0. The number of hydrogen-bond acceptors (Lipinski definition) is 2. The number of benzene rings is 2. The normalized spacial score (nSPS) is 13.2. The van der Waals surface area contributed by atoms with Crippen molar-refractivity contribution in [3.63, 3.8) is 0 Å². The Kier molecular flexibility index (Phi) is 8.01. The average molecular weight is 308 g/mol. The molecule has 0 saturated carbocycles. The first kappa shape index (κ1) is 17.7. The molecule has 0 aliphatic carbocycles. The summed E-state index contributed by atoms with van der Waals surface area (Å²) in [6, 6.07) is 19.9. The maximum absolute atomic E-state index is 10.1. The van der Waals surface area contributed by atoms with Gasteiger partial charge in [-0.1, -0.05) is 60.7 Å². The van der Waals surface area contributed by atoms with Crippen LogP contribution in [0.25, 0.3) is 0 Å². The summed E-state index contributed by atoms with van der Waals surface area (Å²) < 4.78 is 5.51. The van der Waals surface area contributed by atoms with Crippen molar-refractivity contribution in [1.29, 1.82) is 0 Å². The number of methoxy groups -OCH3 is 1. The maximum Gasteiger partial charge on any atom is 0.131 e. The van der Waals surface area contributed by atoms with Crippen molar-refractivity contribution >= 4 is 0 Å². The van der Waals surface area contributed by atoms with Gasteiger partial charge in [0.1, 0.15) is 25.3 Å². The van der Waals surface area contributed by atoms with Crippen LogP contribution in [0.3, 0.4) is 0 Å². The number of halogens is 1. The number of hydrogen-bond donors (Lipinski definition) is 2. The molecule has 0 bridgehead atoms. The third-order valence-electron chi connectivity index (χ3n) is 3.41. The fraction of sp³-hybridized carbons (Fsp3) is 0.294. The molecule has 2 atom stereocenters. The maximum atomic E-state index is 10.1. The van der Waals surface area contributed by atoms with E-state index in [9.17, 15) is 5.11 Å². The average Bonchev–Trinajstić information content (AvgIpc) is 2.53. The van der Waals surface area contributed by atoms with Crippen LogP contribution in [-0.4, -0.2) is 25.3 Å². The lowest BCUT2D eigenvalue weighted by atomic mass is 10.1. The van der Waals surface area contributed by atoms with E-state index in [0.717, 1.165) is 12.1 Å². The molecule has 4 heteroatoms. The number of aliphatic hydroxyl groups excluding tert-OH is 1. The predicted octanol–water partition coefficient (Wildman–Crippen LogP) is -1.32. The van der Waals surface area contributed by atoms with Gasteiger partial charge in [0.2, 0.25) is 0 Å². The molecule has 21 heavy (non-hydrogen) atoms.